The van der Waals surface area contributed by atoms with E-state index < -0.39 is 11.9 Å². The molecule has 3 rings (SSSR count). The van der Waals surface area contributed by atoms with Crippen molar-refractivity contribution in [2.45, 2.75) is 12.8 Å². The van der Waals surface area contributed by atoms with Crippen molar-refractivity contribution in [1.29, 1.82) is 0 Å². The van der Waals surface area contributed by atoms with Gasteiger partial charge in [-0.25, -0.2) is 4.79 Å². The average molecular weight is 312 g/mol. The molecule has 4 N–H and O–H groups in total. The number of nitrogens with zero attached hydrogens (tertiary/aromatic N) is 1. The van der Waals surface area contributed by atoms with E-state index in [0.29, 0.717) is 22.7 Å². The normalized spacial score (nSPS) is 16.5. The maximum Gasteiger partial charge on any atom is 0.336 e. The molecule has 1 aliphatic heterocycles. The van der Waals surface area contributed by atoms with Crippen molar-refractivity contribution in [3.63, 3.8) is 0 Å². The number of ether oxygens (including phenoxy) is 1. The number of hydrogen-bond donors (Lipinski definition) is 3. The van der Waals surface area contributed by atoms with Gasteiger partial charge in [0.25, 0.3) is 5.56 Å². The lowest BCUT2D eigenvalue weighted by Gasteiger charge is -2.28. The number of aromatic amines is 1. The fourth-order valence-electron chi connectivity index (χ4n) is 2.83. The van der Waals surface area contributed by atoms with Crippen LogP contribution >= 0.6 is 0 Å². The molecular formula is C16H16N4O3. The maximum absolute atomic E-state index is 12.4. The summed E-state index contributed by atoms with van der Waals surface area (Å²) in [5.41, 5.74) is 7.33. The summed E-state index contributed by atoms with van der Waals surface area (Å²) >= 11 is 0. The minimum atomic E-state index is -0.572. The topological polar surface area (TPSA) is 110 Å². The van der Waals surface area contributed by atoms with Crippen molar-refractivity contribution in [3.05, 3.63) is 63.1 Å². The molecule has 1 aromatic carbocycles. The first-order valence-electron chi connectivity index (χ1n) is 7.03. The van der Waals surface area contributed by atoms with Crippen LogP contribution in [0.5, 0.6) is 0 Å². The Labute approximate surface area is 132 Å². The lowest BCUT2D eigenvalue weighted by molar-refractivity contribution is -0.136. The van der Waals surface area contributed by atoms with Gasteiger partial charge in [-0.2, -0.15) is 4.98 Å². The second-order valence-electron chi connectivity index (χ2n) is 5.21. The van der Waals surface area contributed by atoms with Crippen LogP contribution in [-0.4, -0.2) is 23.0 Å². The van der Waals surface area contributed by atoms with Crippen LogP contribution in [0.2, 0.25) is 0 Å². The highest BCUT2D eigenvalue weighted by Crippen LogP contribution is 2.39. The number of methoxy groups -OCH3 is 1. The smallest absolute Gasteiger partial charge is 0.336 e. The highest BCUT2D eigenvalue weighted by Gasteiger charge is 2.35. The van der Waals surface area contributed by atoms with Crippen molar-refractivity contribution in [3.8, 4) is 0 Å². The average Bonchev–Trinajstić information content (AvgIpc) is 2.53. The fourth-order valence-corrected chi connectivity index (χ4v) is 2.83. The van der Waals surface area contributed by atoms with Crippen LogP contribution in [-0.2, 0) is 9.53 Å². The summed E-state index contributed by atoms with van der Waals surface area (Å²) in [7, 11) is 1.31. The number of esters is 1. The summed E-state index contributed by atoms with van der Waals surface area (Å²) in [6.07, 6.45) is 0. The number of hydrogen-bond acceptors (Lipinski definition) is 6. The molecule has 1 unspecified atom stereocenters. The molecule has 7 heteroatoms. The van der Waals surface area contributed by atoms with E-state index >= 15 is 0 Å². The number of H-pyrrole nitrogens is 1. The van der Waals surface area contributed by atoms with Gasteiger partial charge in [0.15, 0.2) is 0 Å². The Hall–Kier alpha value is -3.09. The van der Waals surface area contributed by atoms with Gasteiger partial charge in [0.05, 0.1) is 24.2 Å². The number of nitrogen functional groups attached to an aromatic ring is 1. The highest BCUT2D eigenvalue weighted by atomic mass is 16.5. The first-order valence-corrected chi connectivity index (χ1v) is 7.03. The van der Waals surface area contributed by atoms with E-state index in [0.717, 1.165) is 5.56 Å². The summed E-state index contributed by atoms with van der Waals surface area (Å²) in [6, 6.07) is 9.27. The molecule has 1 atom stereocenters. The summed E-state index contributed by atoms with van der Waals surface area (Å²) in [6.45, 7) is 1.74. The Kier molecular flexibility index (Phi) is 3.61. The zero-order valence-corrected chi connectivity index (χ0v) is 12.7. The van der Waals surface area contributed by atoms with Crippen LogP contribution in [0.1, 0.15) is 24.0 Å². The number of allylic oxidation sites excluding steroid dienone is 1. The molecule has 0 spiro atoms. The van der Waals surface area contributed by atoms with Crippen LogP contribution in [0.25, 0.3) is 0 Å². The Bertz CT molecular complexity index is 855. The summed E-state index contributed by atoms with van der Waals surface area (Å²) in [5, 5.41) is 2.97. The lowest BCUT2D eigenvalue weighted by atomic mass is 9.82. The van der Waals surface area contributed by atoms with Crippen LogP contribution in [0.15, 0.2) is 46.4 Å². The van der Waals surface area contributed by atoms with E-state index in [4.69, 9.17) is 10.5 Å². The lowest BCUT2D eigenvalue weighted by Crippen LogP contribution is -2.31. The monoisotopic (exact) mass is 312 g/mol. The fraction of sp³-hybridized carbons (Fsp3) is 0.188. The summed E-state index contributed by atoms with van der Waals surface area (Å²) in [5.74, 6) is -0.699. The number of rotatable bonds is 2. The number of nitrogens with two attached hydrogens (primary N) is 1. The van der Waals surface area contributed by atoms with Gasteiger partial charge in [-0.1, -0.05) is 30.3 Å². The molecule has 1 aliphatic rings. The van der Waals surface area contributed by atoms with E-state index in [9.17, 15) is 9.59 Å². The van der Waals surface area contributed by atoms with Gasteiger partial charge in [-0.05, 0) is 12.5 Å². The number of benzene rings is 1. The van der Waals surface area contributed by atoms with E-state index in [1.165, 1.54) is 7.11 Å². The Morgan fingerprint density at radius 1 is 1.30 bits per heavy atom. The molecule has 1 aromatic heterocycles. The molecule has 2 aromatic rings. The van der Waals surface area contributed by atoms with E-state index in [1.807, 2.05) is 30.3 Å². The van der Waals surface area contributed by atoms with Gasteiger partial charge < -0.3 is 15.8 Å². The third-order valence-corrected chi connectivity index (χ3v) is 3.80. The van der Waals surface area contributed by atoms with Gasteiger partial charge in [0.1, 0.15) is 5.82 Å². The molecule has 2 heterocycles. The Balaban J connectivity index is 2.31. The largest absolute Gasteiger partial charge is 0.466 e. The number of nitrogens with one attached hydrogen (secondary N) is 2. The van der Waals surface area contributed by atoms with Crippen molar-refractivity contribution in [1.82, 2.24) is 9.97 Å². The molecule has 0 radical (unpaired) electrons. The van der Waals surface area contributed by atoms with Crippen LogP contribution < -0.4 is 16.6 Å². The highest BCUT2D eigenvalue weighted by molar-refractivity contribution is 5.94. The third-order valence-electron chi connectivity index (χ3n) is 3.80. The minimum absolute atomic E-state index is 0.0161. The van der Waals surface area contributed by atoms with E-state index in [1.54, 1.807) is 6.92 Å². The van der Waals surface area contributed by atoms with Crippen LogP contribution in [0.3, 0.4) is 0 Å². The summed E-state index contributed by atoms with van der Waals surface area (Å²) in [4.78, 5) is 31.3. The van der Waals surface area contributed by atoms with Crippen LogP contribution in [0.4, 0.5) is 11.8 Å². The van der Waals surface area contributed by atoms with Gasteiger partial charge in [0, 0.05) is 5.70 Å². The first-order chi connectivity index (χ1) is 11.0. The molecule has 0 fully saturated rings. The second kappa shape index (κ2) is 5.60. The van der Waals surface area contributed by atoms with E-state index in [2.05, 4.69) is 15.3 Å². The van der Waals surface area contributed by atoms with Crippen molar-refractivity contribution >= 4 is 17.7 Å². The maximum atomic E-state index is 12.4. The number of carbonyl (C=O) groups is 1. The molecule has 0 bridgehead atoms. The molecule has 7 nitrogen and oxygen atoms in total. The van der Waals surface area contributed by atoms with Gasteiger partial charge in [0.2, 0.25) is 5.95 Å². The van der Waals surface area contributed by atoms with Crippen molar-refractivity contribution in [2.24, 2.45) is 0 Å². The van der Waals surface area contributed by atoms with Crippen molar-refractivity contribution in [2.75, 3.05) is 18.2 Å². The molecule has 0 saturated carbocycles. The number of aromatic nitrogens is 2. The predicted octanol–water partition coefficient (Wildman–Crippen LogP) is 1.36. The Morgan fingerprint density at radius 2 is 2.00 bits per heavy atom. The van der Waals surface area contributed by atoms with Gasteiger partial charge >= 0.3 is 5.97 Å². The Morgan fingerprint density at radius 3 is 2.65 bits per heavy atom. The van der Waals surface area contributed by atoms with Crippen LogP contribution in [0, 0.1) is 0 Å². The van der Waals surface area contributed by atoms with Gasteiger partial charge in [-0.3, -0.25) is 9.78 Å². The zero-order valence-electron chi connectivity index (χ0n) is 12.7. The van der Waals surface area contributed by atoms with Crippen molar-refractivity contribution < 1.29 is 9.53 Å². The molecular weight excluding hydrogens is 296 g/mol. The van der Waals surface area contributed by atoms with Gasteiger partial charge in [-0.15, -0.1) is 0 Å². The summed E-state index contributed by atoms with van der Waals surface area (Å²) < 4.78 is 4.90. The molecule has 0 saturated heterocycles. The second-order valence-corrected chi connectivity index (χ2v) is 5.21. The first kappa shape index (κ1) is 14.8. The number of carbonyl (C=O) groups excluding carboxylic acids is 1. The van der Waals surface area contributed by atoms with E-state index in [-0.39, 0.29) is 11.5 Å². The molecule has 0 amide bonds. The minimum Gasteiger partial charge on any atom is -0.466 e. The molecule has 118 valence electrons. The third kappa shape index (κ3) is 2.46. The molecule has 0 aliphatic carbocycles. The predicted molar refractivity (Wildman–Crippen MR) is 85.9 cm³/mol. The molecule has 23 heavy (non-hydrogen) atoms. The zero-order chi connectivity index (χ0) is 16.6. The number of anilines is 2. The standard InChI is InChI=1S/C16H16N4O3/c1-8-10(15(22)23-2)11(9-6-4-3-5-7-9)12-13(18-8)19-16(17)20-14(12)21/h3-7,11H,1-2H3,(H4,17,18,19,20,21). The quantitative estimate of drug-likeness (QED) is 0.722. The SMILES string of the molecule is COC(=O)C1=C(C)Nc2nc(N)[nH]c(=O)c2C1c1ccccc1. The number of fused-ring (bicyclic) bond motifs is 1.